The average molecular weight is 363 g/mol. The van der Waals surface area contributed by atoms with E-state index in [9.17, 15) is 14.3 Å². The molecule has 1 aliphatic carbocycles. The van der Waals surface area contributed by atoms with Crippen LogP contribution in [0.25, 0.3) is 0 Å². The minimum Gasteiger partial charge on any atom is -0.393 e. The van der Waals surface area contributed by atoms with Crippen LogP contribution in [-0.4, -0.2) is 23.7 Å². The Kier molecular flexibility index (Phi) is 4.55. The quantitative estimate of drug-likeness (QED) is 0.810. The third-order valence-electron chi connectivity index (χ3n) is 3.32. The summed E-state index contributed by atoms with van der Waals surface area (Å²) in [6, 6.07) is 4.10. The van der Waals surface area contributed by atoms with Gasteiger partial charge < -0.3 is 10.4 Å². The summed E-state index contributed by atoms with van der Waals surface area (Å²) in [7, 11) is 0. The molecule has 2 N–H and O–H groups in total. The molecular formula is C13H15FINO2. The number of benzene rings is 1. The highest BCUT2D eigenvalue weighted by Crippen LogP contribution is 2.24. The summed E-state index contributed by atoms with van der Waals surface area (Å²) in [6.45, 7) is 0.480. The van der Waals surface area contributed by atoms with Crippen LogP contribution in [0.5, 0.6) is 0 Å². The molecule has 1 aliphatic rings. The molecule has 0 saturated heterocycles. The van der Waals surface area contributed by atoms with Gasteiger partial charge in [-0.2, -0.15) is 0 Å². The fraction of sp³-hybridized carbons (Fsp3) is 0.462. The number of halogens is 2. The van der Waals surface area contributed by atoms with Gasteiger partial charge in [0.25, 0.3) is 5.91 Å². The fourth-order valence-corrected chi connectivity index (χ4v) is 2.97. The molecule has 3 nitrogen and oxygen atoms in total. The van der Waals surface area contributed by atoms with Crippen molar-refractivity contribution in [3.05, 3.63) is 33.1 Å². The van der Waals surface area contributed by atoms with Gasteiger partial charge in [-0.25, -0.2) is 4.39 Å². The van der Waals surface area contributed by atoms with Crippen LogP contribution in [0, 0.1) is 15.3 Å². The Labute approximate surface area is 119 Å². The molecule has 0 bridgehead atoms. The van der Waals surface area contributed by atoms with Gasteiger partial charge in [-0.1, -0.05) is 6.42 Å². The lowest BCUT2D eigenvalue weighted by Gasteiger charge is -2.15. The zero-order valence-corrected chi connectivity index (χ0v) is 12.0. The molecule has 18 heavy (non-hydrogen) atoms. The number of aliphatic hydroxyl groups excluding tert-OH is 1. The van der Waals surface area contributed by atoms with Crippen molar-refractivity contribution in [2.24, 2.45) is 5.92 Å². The molecule has 2 rings (SSSR count). The summed E-state index contributed by atoms with van der Waals surface area (Å²) in [5, 5.41) is 12.5. The maximum Gasteiger partial charge on any atom is 0.252 e. The summed E-state index contributed by atoms with van der Waals surface area (Å²) in [5.41, 5.74) is 0.476. The van der Waals surface area contributed by atoms with E-state index in [1.165, 1.54) is 18.2 Å². The van der Waals surface area contributed by atoms with Crippen LogP contribution in [0.15, 0.2) is 18.2 Å². The summed E-state index contributed by atoms with van der Waals surface area (Å²) < 4.78 is 13.5. The molecular weight excluding hydrogens is 348 g/mol. The standard InChI is InChI=1S/C13H15FINO2/c14-9-4-5-10(11(15)6-9)13(18)16-7-8-2-1-3-12(8)17/h4-6,8,12,17H,1-3,7H2,(H,16,18). The van der Waals surface area contributed by atoms with E-state index in [1.807, 2.05) is 22.6 Å². The van der Waals surface area contributed by atoms with Gasteiger partial charge in [-0.05, 0) is 53.6 Å². The fourth-order valence-electron chi connectivity index (χ4n) is 2.25. The lowest BCUT2D eigenvalue weighted by molar-refractivity contribution is 0.0916. The molecule has 5 heteroatoms. The van der Waals surface area contributed by atoms with Gasteiger partial charge >= 0.3 is 0 Å². The molecule has 1 amide bonds. The highest BCUT2D eigenvalue weighted by atomic mass is 127. The van der Waals surface area contributed by atoms with E-state index in [0.717, 1.165) is 19.3 Å². The summed E-state index contributed by atoms with van der Waals surface area (Å²) in [6.07, 6.45) is 2.46. The van der Waals surface area contributed by atoms with Gasteiger partial charge in [-0.15, -0.1) is 0 Å². The summed E-state index contributed by atoms with van der Waals surface area (Å²) in [4.78, 5) is 11.9. The highest BCUT2D eigenvalue weighted by Gasteiger charge is 2.25. The highest BCUT2D eigenvalue weighted by molar-refractivity contribution is 14.1. The predicted molar refractivity (Wildman–Crippen MR) is 74.8 cm³/mol. The first-order chi connectivity index (χ1) is 8.58. The van der Waals surface area contributed by atoms with Gasteiger partial charge in [0.15, 0.2) is 0 Å². The zero-order valence-electron chi connectivity index (χ0n) is 9.83. The largest absolute Gasteiger partial charge is 0.393 e. The van der Waals surface area contributed by atoms with Crippen molar-refractivity contribution in [2.75, 3.05) is 6.54 Å². The van der Waals surface area contributed by atoms with Crippen molar-refractivity contribution in [3.8, 4) is 0 Å². The Bertz CT molecular complexity index is 453. The molecule has 98 valence electrons. The number of carbonyl (C=O) groups is 1. The SMILES string of the molecule is O=C(NCC1CCCC1O)c1ccc(F)cc1I. The van der Waals surface area contributed by atoms with E-state index in [0.29, 0.717) is 15.7 Å². The van der Waals surface area contributed by atoms with Crippen molar-refractivity contribution >= 4 is 28.5 Å². The van der Waals surface area contributed by atoms with Crippen LogP contribution in [-0.2, 0) is 0 Å². The molecule has 0 aromatic heterocycles. The van der Waals surface area contributed by atoms with Crippen molar-refractivity contribution < 1.29 is 14.3 Å². The molecule has 1 fully saturated rings. The first kappa shape index (κ1) is 13.7. The first-order valence-electron chi connectivity index (χ1n) is 5.99. The summed E-state index contributed by atoms with van der Waals surface area (Å²) >= 11 is 1.94. The van der Waals surface area contributed by atoms with Crippen molar-refractivity contribution in [1.82, 2.24) is 5.32 Å². The molecule has 0 spiro atoms. The van der Waals surface area contributed by atoms with Crippen LogP contribution in [0.4, 0.5) is 4.39 Å². The number of aliphatic hydroxyl groups is 1. The van der Waals surface area contributed by atoms with E-state index in [-0.39, 0.29) is 23.7 Å². The predicted octanol–water partition coefficient (Wildman–Crippen LogP) is 2.32. The Morgan fingerprint density at radius 2 is 2.28 bits per heavy atom. The van der Waals surface area contributed by atoms with Gasteiger partial charge in [0, 0.05) is 16.0 Å². The molecule has 0 aliphatic heterocycles. The van der Waals surface area contributed by atoms with Crippen LogP contribution < -0.4 is 5.32 Å². The second-order valence-electron chi connectivity index (χ2n) is 4.59. The second kappa shape index (κ2) is 5.97. The minimum absolute atomic E-state index is 0.145. The molecule has 1 saturated carbocycles. The van der Waals surface area contributed by atoms with Gasteiger partial charge in [0.05, 0.1) is 11.7 Å². The van der Waals surface area contributed by atoms with Gasteiger partial charge in [0.2, 0.25) is 0 Å². The van der Waals surface area contributed by atoms with Crippen LogP contribution >= 0.6 is 22.6 Å². The average Bonchev–Trinajstić information content (AvgIpc) is 2.72. The number of amides is 1. The van der Waals surface area contributed by atoms with E-state index in [1.54, 1.807) is 0 Å². The number of hydrogen-bond acceptors (Lipinski definition) is 2. The van der Waals surface area contributed by atoms with Crippen molar-refractivity contribution in [1.29, 1.82) is 0 Å². The van der Waals surface area contributed by atoms with Gasteiger partial charge in [-0.3, -0.25) is 4.79 Å². The van der Waals surface area contributed by atoms with Crippen molar-refractivity contribution in [2.45, 2.75) is 25.4 Å². The molecule has 0 heterocycles. The molecule has 1 aromatic rings. The van der Waals surface area contributed by atoms with Crippen LogP contribution in [0.2, 0.25) is 0 Å². The van der Waals surface area contributed by atoms with E-state index in [4.69, 9.17) is 0 Å². The lowest BCUT2D eigenvalue weighted by atomic mass is 10.1. The third-order valence-corrected chi connectivity index (χ3v) is 4.21. The molecule has 2 atom stereocenters. The summed E-state index contributed by atoms with van der Waals surface area (Å²) in [5.74, 6) is -0.410. The first-order valence-corrected chi connectivity index (χ1v) is 7.07. The molecule has 0 radical (unpaired) electrons. The van der Waals surface area contributed by atoms with Crippen molar-refractivity contribution in [3.63, 3.8) is 0 Å². The van der Waals surface area contributed by atoms with Crippen LogP contribution in [0.3, 0.4) is 0 Å². The Morgan fingerprint density at radius 3 is 2.89 bits per heavy atom. The van der Waals surface area contributed by atoms with Gasteiger partial charge in [0.1, 0.15) is 5.82 Å². The smallest absolute Gasteiger partial charge is 0.252 e. The maximum atomic E-state index is 12.9. The Balaban J connectivity index is 1.95. The Hall–Kier alpha value is -0.690. The lowest BCUT2D eigenvalue weighted by Crippen LogP contribution is -2.32. The van der Waals surface area contributed by atoms with E-state index >= 15 is 0 Å². The monoisotopic (exact) mass is 363 g/mol. The topological polar surface area (TPSA) is 49.3 Å². The number of nitrogens with one attached hydrogen (secondary N) is 1. The normalized spacial score (nSPS) is 23.1. The number of rotatable bonds is 3. The van der Waals surface area contributed by atoms with Crippen LogP contribution in [0.1, 0.15) is 29.6 Å². The second-order valence-corrected chi connectivity index (χ2v) is 5.75. The number of carbonyl (C=O) groups excluding carboxylic acids is 1. The van der Waals surface area contributed by atoms with E-state index < -0.39 is 0 Å². The molecule has 1 aromatic carbocycles. The minimum atomic E-state index is -0.345. The third kappa shape index (κ3) is 3.20. The Morgan fingerprint density at radius 1 is 1.50 bits per heavy atom. The molecule has 2 unspecified atom stereocenters. The number of hydrogen-bond donors (Lipinski definition) is 2. The van der Waals surface area contributed by atoms with E-state index in [2.05, 4.69) is 5.32 Å². The zero-order chi connectivity index (χ0) is 13.1. The maximum absolute atomic E-state index is 12.9.